The Morgan fingerprint density at radius 1 is 1.00 bits per heavy atom. The maximum Gasteiger partial charge on any atom is 0.113 e. The summed E-state index contributed by atoms with van der Waals surface area (Å²) in [5.41, 5.74) is 7.81. The number of hydrogen-bond acceptors (Lipinski definition) is 2. The van der Waals surface area contributed by atoms with Crippen molar-refractivity contribution in [1.82, 2.24) is 4.98 Å². The molecule has 0 spiro atoms. The van der Waals surface area contributed by atoms with Gasteiger partial charge in [-0.1, -0.05) is 6.07 Å². The van der Waals surface area contributed by atoms with Crippen molar-refractivity contribution < 1.29 is 0 Å². The van der Waals surface area contributed by atoms with E-state index in [2.05, 4.69) is 49.8 Å². The molecule has 0 amide bonds. The van der Waals surface area contributed by atoms with Gasteiger partial charge in [0.15, 0.2) is 0 Å². The molecule has 0 bridgehead atoms. The molecule has 1 aliphatic heterocycles. The number of nitrogens with one attached hydrogen (secondary N) is 1. The summed E-state index contributed by atoms with van der Waals surface area (Å²) < 4.78 is 0. The molecule has 3 heteroatoms. The van der Waals surface area contributed by atoms with Crippen molar-refractivity contribution in [2.45, 2.75) is 34.1 Å². The summed E-state index contributed by atoms with van der Waals surface area (Å²) in [5.74, 6) is 0. The minimum absolute atomic E-state index is 0.856. The van der Waals surface area contributed by atoms with E-state index in [9.17, 15) is 0 Å². The Morgan fingerprint density at radius 2 is 1.72 bits per heavy atom. The minimum Gasteiger partial charge on any atom is -0.357 e. The van der Waals surface area contributed by atoms with Crippen LogP contribution < -0.4 is 0 Å². The highest BCUT2D eigenvalue weighted by atomic mass is 14.9. The summed E-state index contributed by atoms with van der Waals surface area (Å²) in [6.07, 6.45) is 0.856. The molecule has 0 unspecified atom stereocenters. The Kier molecular flexibility index (Phi) is 2.37. The molecule has 0 fully saturated rings. The van der Waals surface area contributed by atoms with Crippen molar-refractivity contribution in [3.05, 3.63) is 23.4 Å². The lowest BCUT2D eigenvalue weighted by Crippen LogP contribution is -1.97. The van der Waals surface area contributed by atoms with Crippen molar-refractivity contribution in [1.29, 1.82) is 0 Å². The zero-order valence-electron chi connectivity index (χ0n) is 11.3. The third-order valence-corrected chi connectivity index (χ3v) is 3.56. The Labute approximate surface area is 107 Å². The molecule has 1 aliphatic rings. The van der Waals surface area contributed by atoms with Gasteiger partial charge in [0.1, 0.15) is 5.69 Å². The molecular formula is C15H17N3. The lowest BCUT2D eigenvalue weighted by Gasteiger charge is -2.02. The fourth-order valence-corrected chi connectivity index (χ4v) is 2.55. The maximum atomic E-state index is 4.74. The molecule has 18 heavy (non-hydrogen) atoms. The predicted molar refractivity (Wildman–Crippen MR) is 77.9 cm³/mol. The molecule has 0 radical (unpaired) electrons. The van der Waals surface area contributed by atoms with Crippen molar-refractivity contribution in [2.24, 2.45) is 9.98 Å². The van der Waals surface area contributed by atoms with Crippen LogP contribution in [0.3, 0.4) is 0 Å². The van der Waals surface area contributed by atoms with Gasteiger partial charge in [-0.2, -0.15) is 0 Å². The molecule has 3 nitrogen and oxygen atoms in total. The zero-order valence-corrected chi connectivity index (χ0v) is 11.3. The van der Waals surface area contributed by atoms with Gasteiger partial charge in [-0.25, -0.2) is 0 Å². The van der Waals surface area contributed by atoms with E-state index in [0.717, 1.165) is 34.7 Å². The number of hydrogen-bond donors (Lipinski definition) is 1. The van der Waals surface area contributed by atoms with Gasteiger partial charge in [0, 0.05) is 28.9 Å². The van der Waals surface area contributed by atoms with E-state index >= 15 is 0 Å². The Hall–Kier alpha value is -1.90. The van der Waals surface area contributed by atoms with Crippen LogP contribution in [0.25, 0.3) is 10.9 Å². The van der Waals surface area contributed by atoms with Gasteiger partial charge in [-0.3, -0.25) is 9.98 Å². The van der Waals surface area contributed by atoms with E-state index in [1.165, 1.54) is 16.6 Å². The van der Waals surface area contributed by atoms with E-state index < -0.39 is 0 Å². The second kappa shape index (κ2) is 3.80. The number of aromatic amines is 1. The van der Waals surface area contributed by atoms with Crippen molar-refractivity contribution >= 4 is 33.7 Å². The smallest absolute Gasteiger partial charge is 0.113 e. The first-order valence-corrected chi connectivity index (χ1v) is 6.26. The molecule has 2 aromatic rings. The number of fused-ring (bicyclic) bond motifs is 3. The highest BCUT2D eigenvalue weighted by Crippen LogP contribution is 2.39. The molecule has 3 rings (SSSR count). The van der Waals surface area contributed by atoms with Gasteiger partial charge in [-0.05, 0) is 39.3 Å². The number of benzene rings is 1. The van der Waals surface area contributed by atoms with Gasteiger partial charge in [0.05, 0.1) is 11.2 Å². The van der Waals surface area contributed by atoms with Crippen LogP contribution in [-0.2, 0) is 0 Å². The lowest BCUT2D eigenvalue weighted by atomic mass is 10.1. The van der Waals surface area contributed by atoms with Crippen LogP contribution in [0.2, 0.25) is 0 Å². The highest BCUT2D eigenvalue weighted by Gasteiger charge is 2.14. The fraction of sp³-hybridized carbons (Fsp3) is 0.333. The van der Waals surface area contributed by atoms with E-state index in [1.54, 1.807) is 0 Å². The average molecular weight is 239 g/mol. The summed E-state index contributed by atoms with van der Waals surface area (Å²) in [7, 11) is 0. The summed E-state index contributed by atoms with van der Waals surface area (Å²) in [5, 5.41) is 1.25. The minimum atomic E-state index is 0.856. The highest BCUT2D eigenvalue weighted by molar-refractivity contribution is 6.09. The number of H-pyrrole nitrogens is 1. The van der Waals surface area contributed by atoms with Gasteiger partial charge in [-0.15, -0.1) is 0 Å². The number of aliphatic imine (C=N–C) groups is 2. The second-order valence-electron chi connectivity index (χ2n) is 5.10. The van der Waals surface area contributed by atoms with Crippen molar-refractivity contribution in [2.75, 3.05) is 0 Å². The van der Waals surface area contributed by atoms with E-state index in [0.29, 0.717) is 0 Å². The fourth-order valence-electron chi connectivity index (χ4n) is 2.55. The number of nitrogens with zero attached hydrogens (tertiary/aromatic N) is 2. The Bertz CT molecular complexity index is 702. The molecule has 2 heterocycles. The van der Waals surface area contributed by atoms with Crippen molar-refractivity contribution in [3.63, 3.8) is 0 Å². The molecule has 1 aromatic heterocycles. The topological polar surface area (TPSA) is 40.5 Å². The molecule has 0 aliphatic carbocycles. The predicted octanol–water partition coefficient (Wildman–Crippen LogP) is 4.37. The molecular weight excluding hydrogens is 222 g/mol. The molecule has 0 atom stereocenters. The summed E-state index contributed by atoms with van der Waals surface area (Å²) >= 11 is 0. The normalized spacial score (nSPS) is 15.1. The van der Waals surface area contributed by atoms with Gasteiger partial charge < -0.3 is 4.98 Å². The monoisotopic (exact) mass is 239 g/mol. The standard InChI is InChI=1S/C15H17N3/c1-8-7-9(2)17-15-13(16-8)6-5-12-10(3)11(4)18-14(12)15/h5-6,18H,7H2,1-4H3. The van der Waals surface area contributed by atoms with Crippen LogP contribution in [0.1, 0.15) is 31.5 Å². The first-order chi connectivity index (χ1) is 8.56. The SMILES string of the molecule is CC1=Nc2ccc3c(C)c(C)[nH]c3c2N=C(C)C1. The Balaban J connectivity index is 2.42. The molecule has 0 saturated carbocycles. The summed E-state index contributed by atoms with van der Waals surface area (Å²) in [6.45, 7) is 8.37. The first kappa shape index (κ1) is 11.2. The van der Waals surface area contributed by atoms with Crippen LogP contribution in [0, 0.1) is 13.8 Å². The van der Waals surface area contributed by atoms with Crippen molar-refractivity contribution in [3.8, 4) is 0 Å². The van der Waals surface area contributed by atoms with Crippen LogP contribution in [-0.4, -0.2) is 16.4 Å². The third-order valence-electron chi connectivity index (χ3n) is 3.56. The summed E-state index contributed by atoms with van der Waals surface area (Å²) in [4.78, 5) is 12.8. The maximum absolute atomic E-state index is 4.74. The largest absolute Gasteiger partial charge is 0.357 e. The Morgan fingerprint density at radius 3 is 2.50 bits per heavy atom. The van der Waals surface area contributed by atoms with Crippen LogP contribution >= 0.6 is 0 Å². The van der Waals surface area contributed by atoms with Gasteiger partial charge >= 0.3 is 0 Å². The van der Waals surface area contributed by atoms with Gasteiger partial charge in [0.2, 0.25) is 0 Å². The van der Waals surface area contributed by atoms with E-state index in [-0.39, 0.29) is 0 Å². The molecule has 1 aromatic carbocycles. The van der Waals surface area contributed by atoms with Crippen LogP contribution in [0.15, 0.2) is 22.1 Å². The van der Waals surface area contributed by atoms with E-state index in [4.69, 9.17) is 4.99 Å². The number of rotatable bonds is 0. The third kappa shape index (κ3) is 1.58. The van der Waals surface area contributed by atoms with E-state index in [1.807, 2.05) is 0 Å². The van der Waals surface area contributed by atoms with Crippen LogP contribution in [0.5, 0.6) is 0 Å². The average Bonchev–Trinajstić information content (AvgIpc) is 2.50. The zero-order chi connectivity index (χ0) is 12.9. The molecule has 92 valence electrons. The lowest BCUT2D eigenvalue weighted by molar-refractivity contribution is 1.25. The number of aryl methyl sites for hydroxylation is 2. The second-order valence-corrected chi connectivity index (χ2v) is 5.10. The quantitative estimate of drug-likeness (QED) is 0.709. The molecule has 0 saturated heterocycles. The first-order valence-electron chi connectivity index (χ1n) is 6.26. The van der Waals surface area contributed by atoms with Crippen LogP contribution in [0.4, 0.5) is 11.4 Å². The molecule has 1 N–H and O–H groups in total. The summed E-state index contributed by atoms with van der Waals surface area (Å²) in [6, 6.07) is 4.21. The number of aromatic nitrogens is 1. The van der Waals surface area contributed by atoms with Gasteiger partial charge in [0.25, 0.3) is 0 Å².